The molecule has 6 heteroatoms. The summed E-state index contributed by atoms with van der Waals surface area (Å²) in [6, 6.07) is 0. The van der Waals surface area contributed by atoms with Crippen molar-refractivity contribution in [3.05, 3.63) is 60.8 Å². The molecule has 0 N–H and O–H groups in total. The molecular weight excluding hydrogens is 877 g/mol. The van der Waals surface area contributed by atoms with Gasteiger partial charge in [0.05, 0.1) is 0 Å². The van der Waals surface area contributed by atoms with Crippen LogP contribution in [0.2, 0.25) is 0 Å². The number of esters is 3. The lowest BCUT2D eigenvalue weighted by Crippen LogP contribution is -2.30. The maximum absolute atomic E-state index is 12.7. The van der Waals surface area contributed by atoms with E-state index >= 15 is 0 Å². The molecule has 0 amide bonds. The Kier molecular flexibility index (Phi) is 57.2. The number of hydrogen-bond acceptors (Lipinski definition) is 6. The third kappa shape index (κ3) is 57.9. The summed E-state index contributed by atoms with van der Waals surface area (Å²) >= 11 is 0. The Morgan fingerprint density at radius 2 is 0.549 bits per heavy atom. The third-order valence-corrected chi connectivity index (χ3v) is 13.5. The molecule has 0 fully saturated rings. The largest absolute Gasteiger partial charge is 0.462 e. The van der Waals surface area contributed by atoms with Crippen molar-refractivity contribution in [1.82, 2.24) is 0 Å². The Hall–Kier alpha value is -2.89. The first-order chi connectivity index (χ1) is 35.0. The highest BCUT2D eigenvalue weighted by Crippen LogP contribution is 2.17. The summed E-state index contributed by atoms with van der Waals surface area (Å²) in [5.41, 5.74) is 0. The lowest BCUT2D eigenvalue weighted by molar-refractivity contribution is -0.167. The Labute approximate surface area is 440 Å². The molecule has 0 rings (SSSR count). The van der Waals surface area contributed by atoms with Crippen LogP contribution in [-0.2, 0) is 28.6 Å². The van der Waals surface area contributed by atoms with Crippen molar-refractivity contribution in [1.29, 1.82) is 0 Å². The summed E-state index contributed by atoms with van der Waals surface area (Å²) in [6.07, 6.45) is 75.5. The average Bonchev–Trinajstić information content (AvgIpc) is 3.37. The predicted molar refractivity (Wildman–Crippen MR) is 307 cm³/mol. The second-order valence-electron chi connectivity index (χ2n) is 20.6. The average molecular weight is 994 g/mol. The fourth-order valence-corrected chi connectivity index (χ4v) is 8.94. The van der Waals surface area contributed by atoms with E-state index in [1.165, 1.54) is 186 Å². The minimum absolute atomic E-state index is 0.0674. The molecule has 0 saturated heterocycles. The molecule has 412 valence electrons. The fourth-order valence-electron chi connectivity index (χ4n) is 8.94. The molecule has 1 unspecified atom stereocenters. The van der Waals surface area contributed by atoms with Crippen molar-refractivity contribution in [2.24, 2.45) is 0 Å². The summed E-state index contributed by atoms with van der Waals surface area (Å²) in [7, 11) is 0. The molecule has 0 aromatic heterocycles. The van der Waals surface area contributed by atoms with Crippen LogP contribution < -0.4 is 0 Å². The Morgan fingerprint density at radius 3 is 0.859 bits per heavy atom. The van der Waals surface area contributed by atoms with Crippen molar-refractivity contribution in [2.45, 2.75) is 322 Å². The molecule has 1 atom stereocenters. The van der Waals surface area contributed by atoms with Crippen molar-refractivity contribution < 1.29 is 28.6 Å². The van der Waals surface area contributed by atoms with Gasteiger partial charge in [-0.1, -0.05) is 293 Å². The summed E-state index contributed by atoms with van der Waals surface area (Å²) in [4.78, 5) is 37.9. The molecule has 6 nitrogen and oxygen atoms in total. The van der Waals surface area contributed by atoms with E-state index in [0.29, 0.717) is 19.3 Å². The minimum Gasteiger partial charge on any atom is -0.462 e. The molecular formula is C65H116O6. The van der Waals surface area contributed by atoms with E-state index in [9.17, 15) is 14.4 Å². The van der Waals surface area contributed by atoms with Gasteiger partial charge in [-0.05, 0) is 64.2 Å². The molecule has 0 aliphatic heterocycles. The SMILES string of the molecule is CC/C=C\C/C=C\C/C=C\C/C=C\C/C=C\CCCCCCCCCCCCCCCCCCCCCC(=O)OCC(COC(=O)CCCCCCCCCCC)OC(=O)CCCCCCCCCCC. The normalized spacial score (nSPS) is 12.4. The molecule has 0 aromatic rings. The minimum atomic E-state index is -0.764. The standard InChI is InChI=1S/C65H116O6/c1-4-7-10-13-16-19-20-21-22-23-24-25-26-27-28-29-30-31-32-33-34-35-36-37-38-39-40-41-42-43-44-47-49-52-55-58-64(67)70-61-62(71-65(68)59-56-53-50-46-18-15-12-9-6-3)60-69-63(66)57-54-51-48-45-17-14-11-8-5-2/h7,10,16,19,21-22,24-25,27-28,62H,4-6,8-9,11-15,17-18,20,23,26,29-61H2,1-3H3/b10-7-,19-16-,22-21-,25-24-,28-27-. The summed E-state index contributed by atoms with van der Waals surface area (Å²) < 4.78 is 16.8. The topological polar surface area (TPSA) is 78.9 Å². The first-order valence-corrected chi connectivity index (χ1v) is 30.8. The van der Waals surface area contributed by atoms with E-state index in [2.05, 4.69) is 81.5 Å². The molecule has 0 radical (unpaired) electrons. The molecule has 0 saturated carbocycles. The zero-order valence-corrected chi connectivity index (χ0v) is 47.2. The lowest BCUT2D eigenvalue weighted by atomic mass is 10.0. The van der Waals surface area contributed by atoms with Crippen LogP contribution >= 0.6 is 0 Å². The molecule has 0 aliphatic carbocycles. The predicted octanol–water partition coefficient (Wildman–Crippen LogP) is 20.8. The number of carbonyl (C=O) groups is 3. The second kappa shape index (κ2) is 59.7. The van der Waals surface area contributed by atoms with Gasteiger partial charge in [0, 0.05) is 19.3 Å². The van der Waals surface area contributed by atoms with Gasteiger partial charge in [-0.3, -0.25) is 14.4 Å². The van der Waals surface area contributed by atoms with Gasteiger partial charge in [-0.2, -0.15) is 0 Å². The van der Waals surface area contributed by atoms with E-state index in [4.69, 9.17) is 14.2 Å². The van der Waals surface area contributed by atoms with Crippen LogP contribution in [0.5, 0.6) is 0 Å². The van der Waals surface area contributed by atoms with E-state index in [1.54, 1.807) is 0 Å². The maximum Gasteiger partial charge on any atom is 0.306 e. The van der Waals surface area contributed by atoms with Crippen LogP contribution in [0.15, 0.2) is 60.8 Å². The van der Waals surface area contributed by atoms with Crippen molar-refractivity contribution in [3.63, 3.8) is 0 Å². The lowest BCUT2D eigenvalue weighted by Gasteiger charge is -2.18. The van der Waals surface area contributed by atoms with Crippen molar-refractivity contribution in [2.75, 3.05) is 13.2 Å². The zero-order chi connectivity index (χ0) is 51.4. The number of rotatable bonds is 56. The van der Waals surface area contributed by atoms with Gasteiger partial charge >= 0.3 is 17.9 Å². The maximum atomic E-state index is 12.7. The van der Waals surface area contributed by atoms with Gasteiger partial charge in [0.15, 0.2) is 6.10 Å². The van der Waals surface area contributed by atoms with Crippen molar-refractivity contribution >= 4 is 17.9 Å². The number of ether oxygens (including phenoxy) is 3. The van der Waals surface area contributed by atoms with Crippen molar-refractivity contribution in [3.8, 4) is 0 Å². The third-order valence-electron chi connectivity index (χ3n) is 13.5. The summed E-state index contributed by atoms with van der Waals surface area (Å²) in [5.74, 6) is -0.858. The first-order valence-electron chi connectivity index (χ1n) is 30.8. The molecule has 71 heavy (non-hydrogen) atoms. The van der Waals surface area contributed by atoms with Crippen LogP contribution in [0.1, 0.15) is 316 Å². The fraction of sp³-hybridized carbons (Fsp3) is 0.800. The molecule has 0 spiro atoms. The number of allylic oxidation sites excluding steroid dienone is 10. The molecule has 0 aromatic carbocycles. The van der Waals surface area contributed by atoms with Gasteiger partial charge in [0.1, 0.15) is 13.2 Å². The van der Waals surface area contributed by atoms with Crippen LogP contribution in [0.3, 0.4) is 0 Å². The Morgan fingerprint density at radius 1 is 0.296 bits per heavy atom. The quantitative estimate of drug-likeness (QED) is 0.0261. The van der Waals surface area contributed by atoms with Gasteiger partial charge in [0.25, 0.3) is 0 Å². The monoisotopic (exact) mass is 993 g/mol. The summed E-state index contributed by atoms with van der Waals surface area (Å²) in [5, 5.41) is 0. The highest BCUT2D eigenvalue weighted by molar-refractivity contribution is 5.71. The molecule has 0 aliphatic rings. The second-order valence-corrected chi connectivity index (χ2v) is 20.6. The van der Waals surface area contributed by atoms with E-state index in [-0.39, 0.29) is 31.1 Å². The van der Waals surface area contributed by atoms with Crippen LogP contribution in [-0.4, -0.2) is 37.2 Å². The number of unbranched alkanes of at least 4 members (excludes halogenated alkanes) is 35. The highest BCUT2D eigenvalue weighted by atomic mass is 16.6. The van der Waals surface area contributed by atoms with Gasteiger partial charge in [-0.25, -0.2) is 0 Å². The van der Waals surface area contributed by atoms with Crippen LogP contribution in [0, 0.1) is 0 Å². The Bertz CT molecular complexity index is 1280. The smallest absolute Gasteiger partial charge is 0.306 e. The molecule has 0 bridgehead atoms. The van der Waals surface area contributed by atoms with Crippen LogP contribution in [0.25, 0.3) is 0 Å². The van der Waals surface area contributed by atoms with Crippen LogP contribution in [0.4, 0.5) is 0 Å². The summed E-state index contributed by atoms with van der Waals surface area (Å²) in [6.45, 7) is 6.51. The Balaban J connectivity index is 3.90. The zero-order valence-electron chi connectivity index (χ0n) is 47.2. The highest BCUT2D eigenvalue weighted by Gasteiger charge is 2.19. The number of carbonyl (C=O) groups excluding carboxylic acids is 3. The van der Waals surface area contributed by atoms with E-state index in [0.717, 1.165) is 89.9 Å². The molecule has 0 heterocycles. The number of hydrogen-bond donors (Lipinski definition) is 0. The van der Waals surface area contributed by atoms with E-state index < -0.39 is 6.10 Å². The van der Waals surface area contributed by atoms with E-state index in [1.807, 2.05) is 0 Å². The van der Waals surface area contributed by atoms with Gasteiger partial charge in [0.2, 0.25) is 0 Å². The van der Waals surface area contributed by atoms with Gasteiger partial charge < -0.3 is 14.2 Å². The van der Waals surface area contributed by atoms with Gasteiger partial charge in [-0.15, -0.1) is 0 Å². The first kappa shape index (κ1) is 68.1.